The first-order valence-electron chi connectivity index (χ1n) is 7.65. The Kier molecular flexibility index (Phi) is 9.40. The van der Waals surface area contributed by atoms with Crippen LogP contribution in [0.25, 0.3) is 0 Å². The number of ketones is 1. The van der Waals surface area contributed by atoms with Gasteiger partial charge in [-0.1, -0.05) is 13.8 Å². The zero-order valence-electron chi connectivity index (χ0n) is 14.5. The van der Waals surface area contributed by atoms with E-state index in [0.717, 1.165) is 0 Å². The average molecular weight is 314 g/mol. The van der Waals surface area contributed by atoms with E-state index in [1.165, 1.54) is 6.92 Å². The molecule has 7 heteroatoms. The Morgan fingerprint density at radius 1 is 1.14 bits per heavy atom. The fourth-order valence-corrected chi connectivity index (χ4v) is 2.23. The topological polar surface area (TPSA) is 90.5 Å². The van der Waals surface area contributed by atoms with Crippen molar-refractivity contribution in [3.05, 3.63) is 0 Å². The van der Waals surface area contributed by atoms with Crippen molar-refractivity contribution in [1.29, 1.82) is 0 Å². The molecule has 3 amide bonds. The first-order valence-corrected chi connectivity index (χ1v) is 7.65. The molecule has 0 fully saturated rings. The van der Waals surface area contributed by atoms with Gasteiger partial charge in [-0.15, -0.1) is 0 Å². The van der Waals surface area contributed by atoms with Gasteiger partial charge in [0.25, 0.3) is 0 Å². The van der Waals surface area contributed by atoms with Crippen LogP contribution >= 0.6 is 0 Å². The third-order valence-electron chi connectivity index (χ3n) is 3.61. The lowest BCUT2D eigenvalue weighted by Gasteiger charge is -2.24. The van der Waals surface area contributed by atoms with Crippen molar-refractivity contribution in [3.63, 3.8) is 0 Å². The maximum absolute atomic E-state index is 12.2. The highest BCUT2D eigenvalue weighted by Gasteiger charge is 2.24. The van der Waals surface area contributed by atoms with Gasteiger partial charge in [-0.25, -0.2) is 4.79 Å². The van der Waals surface area contributed by atoms with Gasteiger partial charge in [0.2, 0.25) is 5.91 Å². The molecule has 0 aromatic heterocycles. The summed E-state index contributed by atoms with van der Waals surface area (Å²) in [5.74, 6) is -0.107. The van der Waals surface area contributed by atoms with Gasteiger partial charge < -0.3 is 20.9 Å². The molecule has 0 spiro atoms. The third kappa shape index (κ3) is 6.89. The molecule has 7 nitrogen and oxygen atoms in total. The molecule has 22 heavy (non-hydrogen) atoms. The van der Waals surface area contributed by atoms with Crippen LogP contribution in [-0.2, 0) is 9.59 Å². The Balaban J connectivity index is 4.47. The summed E-state index contributed by atoms with van der Waals surface area (Å²) in [5.41, 5.74) is 0. The van der Waals surface area contributed by atoms with Crippen molar-refractivity contribution < 1.29 is 14.4 Å². The number of carbonyl (C=O) groups excluding carboxylic acids is 3. The summed E-state index contributed by atoms with van der Waals surface area (Å²) in [7, 11) is 4.99. The van der Waals surface area contributed by atoms with Crippen LogP contribution in [0.3, 0.4) is 0 Å². The predicted molar refractivity (Wildman–Crippen MR) is 86.6 cm³/mol. The summed E-state index contributed by atoms with van der Waals surface area (Å²) < 4.78 is 0. The molecule has 0 saturated heterocycles. The Bertz CT molecular complexity index is 385. The lowest BCUT2D eigenvalue weighted by atomic mass is 10.0. The van der Waals surface area contributed by atoms with E-state index in [2.05, 4.69) is 16.0 Å². The third-order valence-corrected chi connectivity index (χ3v) is 3.61. The van der Waals surface area contributed by atoms with Crippen LogP contribution < -0.4 is 16.0 Å². The molecule has 128 valence electrons. The molecule has 0 aromatic carbocycles. The van der Waals surface area contributed by atoms with Crippen LogP contribution in [0.2, 0.25) is 0 Å². The quantitative estimate of drug-likeness (QED) is 0.573. The highest BCUT2D eigenvalue weighted by Crippen LogP contribution is 2.05. The van der Waals surface area contributed by atoms with Crippen molar-refractivity contribution >= 4 is 17.7 Å². The van der Waals surface area contributed by atoms with Gasteiger partial charge in [0.05, 0.1) is 12.1 Å². The number of likely N-dealkylation sites (N-methyl/N-ethyl adjacent to an activating group) is 1. The summed E-state index contributed by atoms with van der Waals surface area (Å²) >= 11 is 0. The monoisotopic (exact) mass is 314 g/mol. The first kappa shape index (κ1) is 20.4. The van der Waals surface area contributed by atoms with E-state index in [1.807, 2.05) is 13.8 Å². The molecule has 0 saturated carbocycles. The molecule has 2 atom stereocenters. The largest absolute Gasteiger partial charge is 0.345 e. The second-order valence-electron chi connectivity index (χ2n) is 5.80. The van der Waals surface area contributed by atoms with Crippen molar-refractivity contribution in [2.75, 3.05) is 27.7 Å². The van der Waals surface area contributed by atoms with Gasteiger partial charge >= 0.3 is 6.03 Å². The molecule has 0 aliphatic rings. The molecular weight excluding hydrogens is 284 g/mol. The fourth-order valence-electron chi connectivity index (χ4n) is 2.23. The van der Waals surface area contributed by atoms with Crippen molar-refractivity contribution in [1.82, 2.24) is 20.9 Å². The van der Waals surface area contributed by atoms with E-state index in [-0.39, 0.29) is 29.7 Å². The Hall–Kier alpha value is -1.63. The number of nitrogens with one attached hydrogen (secondary N) is 3. The van der Waals surface area contributed by atoms with Gasteiger partial charge in [0.15, 0.2) is 5.78 Å². The van der Waals surface area contributed by atoms with Crippen LogP contribution in [0.5, 0.6) is 0 Å². The summed E-state index contributed by atoms with van der Waals surface area (Å²) in [6.45, 7) is 5.89. The van der Waals surface area contributed by atoms with Crippen LogP contribution in [0.1, 0.15) is 33.6 Å². The number of amides is 3. The number of Topliss-reactive ketones (excluding diaryl/α,β-unsaturated/α-hetero) is 1. The zero-order chi connectivity index (χ0) is 17.3. The summed E-state index contributed by atoms with van der Waals surface area (Å²) in [6, 6.07) is -1.01. The minimum Gasteiger partial charge on any atom is -0.345 e. The second-order valence-corrected chi connectivity index (χ2v) is 5.80. The Labute approximate surface area is 133 Å². The molecule has 0 aliphatic heterocycles. The van der Waals surface area contributed by atoms with Crippen molar-refractivity contribution in [3.8, 4) is 0 Å². The van der Waals surface area contributed by atoms with E-state index < -0.39 is 6.04 Å². The van der Waals surface area contributed by atoms with Gasteiger partial charge in [-0.2, -0.15) is 0 Å². The van der Waals surface area contributed by atoms with Crippen LogP contribution in [0.4, 0.5) is 4.79 Å². The minimum absolute atomic E-state index is 0.0745. The summed E-state index contributed by atoms with van der Waals surface area (Å²) in [6.07, 6.45) is 1.15. The highest BCUT2D eigenvalue weighted by molar-refractivity contribution is 5.89. The van der Waals surface area contributed by atoms with E-state index in [9.17, 15) is 14.4 Å². The number of hydrogen-bond acceptors (Lipinski definition) is 4. The van der Waals surface area contributed by atoms with Gasteiger partial charge in [0, 0.05) is 20.6 Å². The van der Waals surface area contributed by atoms with Gasteiger partial charge in [0.1, 0.15) is 0 Å². The Morgan fingerprint density at radius 3 is 2.14 bits per heavy atom. The number of hydrogen-bond donors (Lipinski definition) is 3. The predicted octanol–water partition coefficient (Wildman–Crippen LogP) is 0.356. The molecule has 0 unspecified atom stereocenters. The maximum atomic E-state index is 12.2. The highest BCUT2D eigenvalue weighted by atomic mass is 16.2. The second kappa shape index (κ2) is 10.2. The van der Waals surface area contributed by atoms with E-state index in [1.54, 1.807) is 26.0 Å². The average Bonchev–Trinajstić information content (AvgIpc) is 2.45. The van der Waals surface area contributed by atoms with Crippen LogP contribution in [-0.4, -0.2) is 62.4 Å². The summed E-state index contributed by atoms with van der Waals surface area (Å²) in [5, 5.41) is 8.29. The Morgan fingerprint density at radius 2 is 1.73 bits per heavy atom. The van der Waals surface area contributed by atoms with Crippen LogP contribution in [0, 0.1) is 5.92 Å². The summed E-state index contributed by atoms with van der Waals surface area (Å²) in [4.78, 5) is 36.8. The van der Waals surface area contributed by atoms with Crippen molar-refractivity contribution in [2.24, 2.45) is 5.92 Å². The van der Waals surface area contributed by atoms with Gasteiger partial charge in [-0.05, 0) is 32.7 Å². The number of nitrogens with zero attached hydrogens (tertiary/aromatic N) is 1. The number of carbonyl (C=O) groups is 3. The minimum atomic E-state index is -0.514. The SMILES string of the molecule is CNC(=O)N(C)CCC[C@H](NC(=O)[C@@H](NC)C(C)C)C(C)=O. The molecular formula is C15H30N4O3. The standard InChI is InChI=1S/C15H30N4O3/c1-10(2)13(16-4)14(21)18-12(11(3)20)8-7-9-19(6)15(22)17-5/h10,12-13,16H,7-9H2,1-6H3,(H,17,22)(H,18,21)/t12-,13-/m0/s1. The molecule has 0 aliphatic carbocycles. The van der Waals surface area contributed by atoms with Crippen LogP contribution in [0.15, 0.2) is 0 Å². The molecule has 0 radical (unpaired) electrons. The lowest BCUT2D eigenvalue weighted by molar-refractivity contribution is -0.129. The van der Waals surface area contributed by atoms with E-state index >= 15 is 0 Å². The first-order chi connectivity index (χ1) is 10.2. The fraction of sp³-hybridized carbons (Fsp3) is 0.800. The van der Waals surface area contributed by atoms with Gasteiger partial charge in [-0.3, -0.25) is 9.59 Å². The molecule has 0 heterocycles. The smallest absolute Gasteiger partial charge is 0.316 e. The number of rotatable bonds is 9. The lowest BCUT2D eigenvalue weighted by Crippen LogP contribution is -2.51. The van der Waals surface area contributed by atoms with E-state index in [4.69, 9.17) is 0 Å². The van der Waals surface area contributed by atoms with E-state index in [0.29, 0.717) is 19.4 Å². The zero-order valence-corrected chi connectivity index (χ0v) is 14.5. The number of urea groups is 1. The molecule has 3 N–H and O–H groups in total. The molecule has 0 bridgehead atoms. The molecule has 0 rings (SSSR count). The maximum Gasteiger partial charge on any atom is 0.316 e. The molecule has 0 aromatic rings. The van der Waals surface area contributed by atoms with Crippen molar-refractivity contribution in [2.45, 2.75) is 45.7 Å². The normalized spacial score (nSPS) is 13.4.